The second-order valence-corrected chi connectivity index (χ2v) is 3.45. The molecule has 0 bridgehead atoms. The van der Waals surface area contributed by atoms with E-state index in [1.807, 2.05) is 24.3 Å². The van der Waals surface area contributed by atoms with Crippen molar-refractivity contribution in [2.24, 2.45) is 0 Å². The number of hydrogen-bond donors (Lipinski definition) is 2. The lowest BCUT2D eigenvalue weighted by molar-refractivity contribution is 0.416. The summed E-state index contributed by atoms with van der Waals surface area (Å²) in [6.07, 6.45) is 0. The number of methoxy groups -OCH3 is 1. The molecule has 2 rings (SSSR count). The average Bonchev–Trinajstić information content (AvgIpc) is 2.37. The molecule has 0 saturated heterocycles. The van der Waals surface area contributed by atoms with Crippen LogP contribution in [-0.4, -0.2) is 24.1 Å². The molecule has 2 aromatic rings. The van der Waals surface area contributed by atoms with Gasteiger partial charge in [0.2, 0.25) is 5.95 Å². The average molecular weight is 230 g/mol. The van der Waals surface area contributed by atoms with E-state index in [4.69, 9.17) is 10.5 Å². The first kappa shape index (κ1) is 11.2. The smallest absolute Gasteiger partial charge is 0.224 e. The van der Waals surface area contributed by atoms with Crippen LogP contribution in [0, 0.1) is 0 Å². The third-order valence-corrected chi connectivity index (χ3v) is 2.35. The molecule has 0 amide bonds. The zero-order valence-electron chi connectivity index (χ0n) is 9.77. The zero-order chi connectivity index (χ0) is 12.3. The van der Waals surface area contributed by atoms with Crippen LogP contribution in [0.3, 0.4) is 0 Å². The summed E-state index contributed by atoms with van der Waals surface area (Å²) in [5.41, 5.74) is 7.36. The summed E-state index contributed by atoms with van der Waals surface area (Å²) in [6, 6.07) is 9.37. The molecule has 1 aromatic carbocycles. The van der Waals surface area contributed by atoms with Crippen LogP contribution in [-0.2, 0) is 0 Å². The molecule has 0 saturated carbocycles. The number of aromatic nitrogens is 2. The first-order chi connectivity index (χ1) is 8.24. The number of anilines is 2. The summed E-state index contributed by atoms with van der Waals surface area (Å²) in [6.45, 7) is 0. The van der Waals surface area contributed by atoms with Gasteiger partial charge >= 0.3 is 0 Å². The number of rotatable bonds is 3. The molecule has 17 heavy (non-hydrogen) atoms. The summed E-state index contributed by atoms with van der Waals surface area (Å²) in [7, 11) is 3.38. The number of nitrogens with zero attached hydrogens (tertiary/aromatic N) is 2. The minimum absolute atomic E-state index is 0.422. The van der Waals surface area contributed by atoms with Crippen LogP contribution >= 0.6 is 0 Å². The largest absolute Gasteiger partial charge is 0.496 e. The Morgan fingerprint density at radius 1 is 1.24 bits per heavy atom. The SMILES string of the molecule is CNc1nc(N)cc(-c2ccccc2OC)n1. The monoisotopic (exact) mass is 230 g/mol. The molecule has 0 aliphatic rings. The van der Waals surface area contributed by atoms with Crippen LogP contribution in [0.15, 0.2) is 30.3 Å². The summed E-state index contributed by atoms with van der Waals surface area (Å²) < 4.78 is 5.29. The molecule has 5 nitrogen and oxygen atoms in total. The van der Waals surface area contributed by atoms with E-state index in [9.17, 15) is 0 Å². The molecule has 0 aliphatic carbocycles. The van der Waals surface area contributed by atoms with Gasteiger partial charge in [0.15, 0.2) is 0 Å². The molecule has 0 aliphatic heterocycles. The van der Waals surface area contributed by atoms with Gasteiger partial charge in [-0.1, -0.05) is 12.1 Å². The Hall–Kier alpha value is -2.30. The molecule has 3 N–H and O–H groups in total. The minimum atomic E-state index is 0.422. The van der Waals surface area contributed by atoms with Gasteiger partial charge in [-0.15, -0.1) is 0 Å². The number of hydrogen-bond acceptors (Lipinski definition) is 5. The van der Waals surface area contributed by atoms with E-state index in [-0.39, 0.29) is 0 Å². The Balaban J connectivity index is 2.55. The maximum atomic E-state index is 5.73. The highest BCUT2D eigenvalue weighted by molar-refractivity contribution is 5.69. The van der Waals surface area contributed by atoms with Gasteiger partial charge in [0, 0.05) is 18.7 Å². The van der Waals surface area contributed by atoms with Crippen molar-refractivity contribution in [3.05, 3.63) is 30.3 Å². The Morgan fingerprint density at radius 2 is 2.00 bits per heavy atom. The van der Waals surface area contributed by atoms with Gasteiger partial charge in [0.05, 0.1) is 12.8 Å². The number of ether oxygens (including phenoxy) is 1. The van der Waals surface area contributed by atoms with Gasteiger partial charge in [-0.05, 0) is 12.1 Å². The number of nitrogen functional groups attached to an aromatic ring is 1. The fraction of sp³-hybridized carbons (Fsp3) is 0.167. The van der Waals surface area contributed by atoms with Crippen molar-refractivity contribution in [1.29, 1.82) is 0 Å². The van der Waals surface area contributed by atoms with Gasteiger partial charge in [-0.3, -0.25) is 0 Å². The standard InChI is InChI=1S/C12H14N4O/c1-14-12-15-9(7-11(13)16-12)8-5-3-4-6-10(8)17-2/h3-7H,1-2H3,(H3,13,14,15,16). The predicted octanol–water partition coefficient (Wildman–Crippen LogP) is 1.78. The number of benzene rings is 1. The summed E-state index contributed by atoms with van der Waals surface area (Å²) in [5.74, 6) is 1.67. The molecule has 1 heterocycles. The first-order valence-corrected chi connectivity index (χ1v) is 5.20. The second kappa shape index (κ2) is 4.69. The Kier molecular flexibility index (Phi) is 3.09. The molecule has 1 aromatic heterocycles. The van der Waals surface area contributed by atoms with Gasteiger partial charge < -0.3 is 15.8 Å². The molecular weight excluding hydrogens is 216 g/mol. The van der Waals surface area contributed by atoms with E-state index in [1.54, 1.807) is 20.2 Å². The Labute approximate surface area is 99.7 Å². The van der Waals surface area contributed by atoms with E-state index in [1.165, 1.54) is 0 Å². The maximum Gasteiger partial charge on any atom is 0.224 e. The molecular formula is C12H14N4O. The van der Waals surface area contributed by atoms with E-state index in [0.717, 1.165) is 17.0 Å². The summed E-state index contributed by atoms with van der Waals surface area (Å²) in [5, 5.41) is 2.87. The van der Waals surface area contributed by atoms with Crippen molar-refractivity contribution >= 4 is 11.8 Å². The maximum absolute atomic E-state index is 5.73. The highest BCUT2D eigenvalue weighted by Gasteiger charge is 2.08. The van der Waals surface area contributed by atoms with E-state index < -0.39 is 0 Å². The fourth-order valence-electron chi connectivity index (χ4n) is 1.57. The van der Waals surface area contributed by atoms with E-state index in [0.29, 0.717) is 11.8 Å². The molecule has 0 fully saturated rings. The first-order valence-electron chi connectivity index (χ1n) is 5.20. The van der Waals surface area contributed by atoms with Gasteiger partial charge in [0.1, 0.15) is 11.6 Å². The van der Waals surface area contributed by atoms with Crippen molar-refractivity contribution < 1.29 is 4.74 Å². The zero-order valence-corrected chi connectivity index (χ0v) is 9.77. The van der Waals surface area contributed by atoms with Crippen molar-refractivity contribution in [3.8, 4) is 17.0 Å². The molecule has 0 unspecified atom stereocenters. The fourth-order valence-corrected chi connectivity index (χ4v) is 1.57. The quantitative estimate of drug-likeness (QED) is 0.840. The van der Waals surface area contributed by atoms with Crippen molar-refractivity contribution in [2.45, 2.75) is 0 Å². The highest BCUT2D eigenvalue weighted by atomic mass is 16.5. The second-order valence-electron chi connectivity index (χ2n) is 3.45. The number of para-hydroxylation sites is 1. The topological polar surface area (TPSA) is 73.1 Å². The Bertz CT molecular complexity index is 528. The van der Waals surface area contributed by atoms with Crippen molar-refractivity contribution in [2.75, 3.05) is 25.2 Å². The Morgan fingerprint density at radius 3 is 2.71 bits per heavy atom. The van der Waals surface area contributed by atoms with Crippen molar-refractivity contribution in [1.82, 2.24) is 9.97 Å². The molecule has 0 atom stereocenters. The predicted molar refractivity (Wildman–Crippen MR) is 68.0 cm³/mol. The van der Waals surface area contributed by atoms with Crippen molar-refractivity contribution in [3.63, 3.8) is 0 Å². The van der Waals surface area contributed by atoms with E-state index in [2.05, 4.69) is 15.3 Å². The third kappa shape index (κ3) is 2.28. The third-order valence-electron chi connectivity index (χ3n) is 2.35. The summed E-state index contributed by atoms with van der Waals surface area (Å²) in [4.78, 5) is 8.40. The van der Waals surface area contributed by atoms with Crippen LogP contribution in [0.5, 0.6) is 5.75 Å². The van der Waals surface area contributed by atoms with Crippen LogP contribution in [0.25, 0.3) is 11.3 Å². The molecule has 5 heteroatoms. The molecule has 0 radical (unpaired) electrons. The number of nitrogens with two attached hydrogens (primary N) is 1. The van der Waals surface area contributed by atoms with Crippen LogP contribution in [0.1, 0.15) is 0 Å². The normalized spacial score (nSPS) is 10.0. The lowest BCUT2D eigenvalue weighted by atomic mass is 10.1. The van der Waals surface area contributed by atoms with Crippen LogP contribution in [0.4, 0.5) is 11.8 Å². The lowest BCUT2D eigenvalue weighted by Gasteiger charge is -2.09. The summed E-state index contributed by atoms with van der Waals surface area (Å²) >= 11 is 0. The van der Waals surface area contributed by atoms with Gasteiger partial charge in [0.25, 0.3) is 0 Å². The van der Waals surface area contributed by atoms with Gasteiger partial charge in [-0.25, -0.2) is 4.98 Å². The number of nitrogens with one attached hydrogen (secondary N) is 1. The van der Waals surface area contributed by atoms with Crippen LogP contribution < -0.4 is 15.8 Å². The van der Waals surface area contributed by atoms with E-state index >= 15 is 0 Å². The van der Waals surface area contributed by atoms with Crippen LogP contribution in [0.2, 0.25) is 0 Å². The lowest BCUT2D eigenvalue weighted by Crippen LogP contribution is -2.01. The minimum Gasteiger partial charge on any atom is -0.496 e. The van der Waals surface area contributed by atoms with Gasteiger partial charge in [-0.2, -0.15) is 4.98 Å². The highest BCUT2D eigenvalue weighted by Crippen LogP contribution is 2.29. The molecule has 88 valence electrons. The molecule has 0 spiro atoms.